The van der Waals surface area contributed by atoms with Crippen LogP contribution in [-0.2, 0) is 16.0 Å². The summed E-state index contributed by atoms with van der Waals surface area (Å²) in [5.74, 6) is -2.17. The summed E-state index contributed by atoms with van der Waals surface area (Å²) < 4.78 is 17.7. The molecule has 0 atom stereocenters. The summed E-state index contributed by atoms with van der Waals surface area (Å²) in [4.78, 5) is 42.2. The summed E-state index contributed by atoms with van der Waals surface area (Å²) in [7, 11) is 0. The van der Waals surface area contributed by atoms with Crippen LogP contribution in [0.3, 0.4) is 0 Å². The molecule has 3 heterocycles. The number of nitrogens with zero attached hydrogens (tertiary/aromatic N) is 3. The summed E-state index contributed by atoms with van der Waals surface area (Å²) in [6, 6.07) is 16.4. The Balaban J connectivity index is 1.81. The van der Waals surface area contributed by atoms with Gasteiger partial charge in [0.2, 0.25) is 0 Å². The van der Waals surface area contributed by atoms with E-state index >= 15 is 0 Å². The third-order valence-electron chi connectivity index (χ3n) is 6.43. The highest BCUT2D eigenvalue weighted by molar-refractivity contribution is 6.53. The van der Waals surface area contributed by atoms with Crippen LogP contribution in [0.15, 0.2) is 77.9 Å². The third kappa shape index (κ3) is 3.58. The molecule has 0 saturated carbocycles. The Kier molecular flexibility index (Phi) is 5.72. The molecule has 0 radical (unpaired) electrons. The zero-order valence-electron chi connectivity index (χ0n) is 20.1. The van der Waals surface area contributed by atoms with Gasteiger partial charge in [-0.2, -0.15) is 4.57 Å². The zero-order chi connectivity index (χ0) is 25.6. The van der Waals surface area contributed by atoms with Crippen molar-refractivity contribution < 1.29 is 18.5 Å². The van der Waals surface area contributed by atoms with Crippen molar-refractivity contribution in [3.8, 4) is 5.69 Å². The van der Waals surface area contributed by atoms with Crippen LogP contribution in [0, 0.1) is 19.7 Å². The van der Waals surface area contributed by atoms with Crippen molar-refractivity contribution in [2.75, 3.05) is 4.90 Å². The van der Waals surface area contributed by atoms with E-state index in [0.717, 1.165) is 16.0 Å². The number of hydrogen-bond donors (Lipinski definition) is 1. The van der Waals surface area contributed by atoms with Gasteiger partial charge in [-0.25, -0.2) is 14.0 Å². The minimum absolute atomic E-state index is 0.00244. The Hall–Kier alpha value is -4.59. The van der Waals surface area contributed by atoms with Gasteiger partial charge in [0.25, 0.3) is 17.2 Å². The Morgan fingerprint density at radius 1 is 0.889 bits per heavy atom. The quantitative estimate of drug-likeness (QED) is 0.347. The standard InChI is InChI=1S/C28H23FN4O3/c1-4-21-23(27(35)33(30-21)19-10-6-5-7-11-19)24-25(31-15-14-17(2)18(3)16-31)28(36)32(26(24)34)22-13-9-8-12-20(22)29/h5-16H,4H2,1-3H3/p+1. The second-order valence-electron chi connectivity index (χ2n) is 8.63. The number of H-pyrrole nitrogens is 1. The molecular weight excluding hydrogens is 459 g/mol. The van der Waals surface area contributed by atoms with Crippen molar-refractivity contribution in [2.24, 2.45) is 0 Å². The lowest BCUT2D eigenvalue weighted by molar-refractivity contribution is -0.577. The first-order chi connectivity index (χ1) is 17.3. The fourth-order valence-corrected chi connectivity index (χ4v) is 4.41. The van der Waals surface area contributed by atoms with Gasteiger partial charge in [0.1, 0.15) is 11.4 Å². The van der Waals surface area contributed by atoms with Crippen LogP contribution in [0.1, 0.15) is 29.3 Å². The molecule has 8 heteroatoms. The highest BCUT2D eigenvalue weighted by Gasteiger charge is 2.48. The molecule has 0 aliphatic carbocycles. The van der Waals surface area contributed by atoms with Gasteiger partial charge >= 0.3 is 5.91 Å². The average molecular weight is 484 g/mol. The number of para-hydroxylation sites is 2. The molecule has 2 amide bonds. The number of amides is 2. The second kappa shape index (κ2) is 8.88. The summed E-state index contributed by atoms with van der Waals surface area (Å²) in [5.41, 5.74) is 2.37. The van der Waals surface area contributed by atoms with Crippen molar-refractivity contribution in [3.05, 3.63) is 112 Å². The Bertz CT molecular complexity index is 1620. The lowest BCUT2D eigenvalue weighted by Crippen LogP contribution is -2.40. The van der Waals surface area contributed by atoms with Gasteiger partial charge in [-0.05, 0) is 50.1 Å². The summed E-state index contributed by atoms with van der Waals surface area (Å²) >= 11 is 0. The fraction of sp³-hybridized carbons (Fsp3) is 0.143. The van der Waals surface area contributed by atoms with E-state index in [2.05, 4.69) is 5.10 Å². The van der Waals surface area contributed by atoms with Crippen LogP contribution in [-0.4, -0.2) is 21.6 Å². The smallest absolute Gasteiger partial charge is 0.294 e. The first-order valence-corrected chi connectivity index (χ1v) is 11.6. The van der Waals surface area contributed by atoms with Gasteiger partial charge in [0.05, 0.1) is 16.9 Å². The molecule has 2 aromatic carbocycles. The minimum Gasteiger partial charge on any atom is -0.294 e. The van der Waals surface area contributed by atoms with E-state index in [0.29, 0.717) is 17.8 Å². The normalized spacial score (nSPS) is 13.7. The number of aryl methyl sites for hydroxylation is 3. The van der Waals surface area contributed by atoms with Crippen LogP contribution in [0.2, 0.25) is 0 Å². The van der Waals surface area contributed by atoms with Gasteiger partial charge < -0.3 is 0 Å². The van der Waals surface area contributed by atoms with E-state index in [1.807, 2.05) is 32.9 Å². The molecule has 1 aliphatic rings. The molecule has 1 N–H and O–H groups in total. The summed E-state index contributed by atoms with van der Waals surface area (Å²) in [6.45, 7) is 5.67. The number of anilines is 1. The van der Waals surface area contributed by atoms with Crippen LogP contribution in [0.4, 0.5) is 10.1 Å². The summed E-state index contributed by atoms with van der Waals surface area (Å²) in [6.07, 6.45) is 3.80. The Labute approximate surface area is 206 Å². The highest BCUT2D eigenvalue weighted by Crippen LogP contribution is 2.34. The van der Waals surface area contributed by atoms with Crippen LogP contribution >= 0.6 is 0 Å². The molecule has 0 spiro atoms. The molecule has 1 aliphatic heterocycles. The third-order valence-corrected chi connectivity index (χ3v) is 6.43. The molecule has 4 aromatic rings. The Morgan fingerprint density at radius 2 is 1.58 bits per heavy atom. The van der Waals surface area contributed by atoms with Gasteiger partial charge in [0.15, 0.2) is 12.4 Å². The fourth-order valence-electron chi connectivity index (χ4n) is 4.41. The number of benzene rings is 2. The van der Waals surface area contributed by atoms with E-state index < -0.39 is 23.2 Å². The molecular formula is C28H24FN4O3+. The predicted molar refractivity (Wildman–Crippen MR) is 134 cm³/mol. The number of aromatic nitrogens is 3. The maximum atomic E-state index is 14.8. The molecule has 5 rings (SSSR count). The first kappa shape index (κ1) is 23.2. The van der Waals surface area contributed by atoms with Crippen LogP contribution in [0.25, 0.3) is 17.0 Å². The lowest BCUT2D eigenvalue weighted by Gasteiger charge is -2.14. The predicted octanol–water partition coefficient (Wildman–Crippen LogP) is 3.71. The number of carbonyl (C=O) groups excluding carboxylic acids is 2. The van der Waals surface area contributed by atoms with Gasteiger partial charge in [-0.3, -0.25) is 19.5 Å². The maximum absolute atomic E-state index is 14.8. The monoisotopic (exact) mass is 483 g/mol. The molecule has 7 nitrogen and oxygen atoms in total. The first-order valence-electron chi connectivity index (χ1n) is 11.6. The van der Waals surface area contributed by atoms with Crippen molar-refractivity contribution in [1.82, 2.24) is 9.78 Å². The number of halogens is 1. The number of aromatic amines is 1. The lowest BCUT2D eigenvalue weighted by atomic mass is 10.0. The molecule has 180 valence electrons. The van der Waals surface area contributed by atoms with E-state index in [-0.39, 0.29) is 22.5 Å². The summed E-state index contributed by atoms with van der Waals surface area (Å²) in [5, 5.41) is 3.09. The topological polar surface area (TPSA) is 79.1 Å². The highest BCUT2D eigenvalue weighted by atomic mass is 19.1. The number of carbonyl (C=O) groups is 2. The number of nitrogens with one attached hydrogen (secondary N) is 1. The molecule has 36 heavy (non-hydrogen) atoms. The number of rotatable bonds is 5. The van der Waals surface area contributed by atoms with E-state index in [4.69, 9.17) is 0 Å². The number of imide groups is 1. The molecule has 0 fully saturated rings. The minimum atomic E-state index is -0.753. The van der Waals surface area contributed by atoms with E-state index in [1.54, 1.807) is 42.7 Å². The average Bonchev–Trinajstić information content (AvgIpc) is 3.34. The number of pyridine rings is 1. The van der Waals surface area contributed by atoms with E-state index in [9.17, 15) is 18.8 Å². The number of hydrogen-bond acceptors (Lipinski definition) is 3. The maximum Gasteiger partial charge on any atom is 0.331 e. The van der Waals surface area contributed by atoms with E-state index in [1.165, 1.54) is 27.4 Å². The van der Waals surface area contributed by atoms with Crippen molar-refractivity contribution >= 4 is 28.8 Å². The van der Waals surface area contributed by atoms with Crippen molar-refractivity contribution in [3.63, 3.8) is 0 Å². The molecule has 0 bridgehead atoms. The Morgan fingerprint density at radius 3 is 2.25 bits per heavy atom. The van der Waals surface area contributed by atoms with Crippen LogP contribution < -0.4 is 15.0 Å². The molecule has 0 unspecified atom stereocenters. The molecule has 0 saturated heterocycles. The van der Waals surface area contributed by atoms with Crippen molar-refractivity contribution in [1.29, 1.82) is 0 Å². The SMILES string of the molecule is CCc1[nH]n(-c2ccccc2)c(=O)c1C1=C([n+]2ccc(C)c(C)c2)C(=O)N(c2ccccc2F)C1=O. The molecule has 2 aromatic heterocycles. The van der Waals surface area contributed by atoms with Crippen LogP contribution in [0.5, 0.6) is 0 Å². The largest absolute Gasteiger partial charge is 0.331 e. The van der Waals surface area contributed by atoms with Gasteiger partial charge in [0, 0.05) is 17.3 Å². The van der Waals surface area contributed by atoms with Gasteiger partial charge in [-0.15, -0.1) is 0 Å². The van der Waals surface area contributed by atoms with Crippen molar-refractivity contribution in [2.45, 2.75) is 27.2 Å². The second-order valence-corrected chi connectivity index (χ2v) is 8.63. The van der Waals surface area contributed by atoms with Gasteiger partial charge in [-0.1, -0.05) is 37.3 Å². The zero-order valence-corrected chi connectivity index (χ0v) is 20.1.